The Kier molecular flexibility index (Phi) is 10.2. The lowest BCUT2D eigenvalue weighted by atomic mass is 10.3. The molecule has 0 amide bonds. The number of aromatic nitrogens is 2. The molecule has 2 aromatic rings. The Hall–Kier alpha value is -2.94. The van der Waals surface area contributed by atoms with Gasteiger partial charge in [0.1, 0.15) is 17.9 Å². The molecule has 4 unspecified atom stereocenters. The number of nitrogens with one attached hydrogen (secondary N) is 2. The zero-order valence-corrected chi connectivity index (χ0v) is 21.7. The van der Waals surface area contributed by atoms with Crippen LogP contribution in [0.15, 0.2) is 56.7 Å². The molecule has 1 aliphatic rings. The largest absolute Gasteiger partial charge is 0.468 e. The molecule has 0 aliphatic carbocycles. The van der Waals surface area contributed by atoms with E-state index in [-0.39, 0.29) is 12.4 Å². The lowest BCUT2D eigenvalue weighted by Gasteiger charge is -2.24. The highest BCUT2D eigenvalue weighted by Crippen LogP contribution is 2.45. The zero-order chi connectivity index (χ0) is 26.2. The van der Waals surface area contributed by atoms with Crippen LogP contribution in [0, 0.1) is 19.8 Å². The highest BCUT2D eigenvalue weighted by molar-refractivity contribution is 9.10. The maximum absolute atomic E-state index is 13.4. The summed E-state index contributed by atoms with van der Waals surface area (Å²) in [7, 11) is -2.84. The Balaban J connectivity index is 0.00000210. The molecule has 1 aromatic carbocycles. The molecule has 0 fully saturated rings. The summed E-state index contributed by atoms with van der Waals surface area (Å²) in [5.74, 6) is -0.398. The fourth-order valence-electron chi connectivity index (χ4n) is 2.88. The molecule has 0 bridgehead atoms. The Morgan fingerprint density at radius 3 is 2.57 bits per heavy atom. The lowest BCUT2D eigenvalue weighted by molar-refractivity contribution is -0.142. The molecule has 188 valence electrons. The van der Waals surface area contributed by atoms with Crippen molar-refractivity contribution in [3.05, 3.63) is 73.5 Å². The van der Waals surface area contributed by atoms with E-state index in [9.17, 15) is 18.9 Å². The highest BCUT2D eigenvalue weighted by atomic mass is 79.9. The van der Waals surface area contributed by atoms with Crippen LogP contribution in [0.2, 0.25) is 0 Å². The zero-order valence-electron chi connectivity index (χ0n) is 19.2. The summed E-state index contributed by atoms with van der Waals surface area (Å²) in [4.78, 5) is 37.7. The van der Waals surface area contributed by atoms with E-state index in [0.29, 0.717) is 5.56 Å². The highest BCUT2D eigenvalue weighted by Gasteiger charge is 2.34. The number of carbonyl (C=O) groups excluding carboxylic acids is 1. The number of terminal acetylenes is 1. The Labute approximate surface area is 210 Å². The van der Waals surface area contributed by atoms with Crippen molar-refractivity contribution in [3.63, 3.8) is 0 Å². The minimum atomic E-state index is -4.04. The average molecular weight is 570 g/mol. The first-order valence-corrected chi connectivity index (χ1v) is 12.5. The number of halogens is 1. The molecule has 3 rings (SSSR count). The number of hydrogen-bond acceptors (Lipinski definition) is 8. The minimum Gasteiger partial charge on any atom is -0.468 e. The van der Waals surface area contributed by atoms with Gasteiger partial charge in [0, 0.05) is 16.2 Å². The van der Waals surface area contributed by atoms with Gasteiger partial charge in [0.15, 0.2) is 6.23 Å². The van der Waals surface area contributed by atoms with E-state index in [1.54, 1.807) is 43.3 Å². The van der Waals surface area contributed by atoms with E-state index in [0.717, 1.165) is 4.47 Å². The summed E-state index contributed by atoms with van der Waals surface area (Å²) >= 11 is 3.31. The van der Waals surface area contributed by atoms with Crippen LogP contribution in [-0.4, -0.2) is 41.4 Å². The van der Waals surface area contributed by atoms with Crippen molar-refractivity contribution < 1.29 is 27.9 Å². The first-order valence-electron chi connectivity index (χ1n) is 10.1. The maximum atomic E-state index is 13.4. The number of benzene rings is 1. The van der Waals surface area contributed by atoms with Crippen molar-refractivity contribution in [2.45, 2.75) is 32.2 Å². The van der Waals surface area contributed by atoms with Crippen molar-refractivity contribution in [2.24, 2.45) is 0 Å². The van der Waals surface area contributed by atoms with Gasteiger partial charge in [0.25, 0.3) is 5.56 Å². The SMILES string of the molecule is C#C.COC(=O)C(C)NP(=O)(OCC1C=CC(n2cc(C)c(=O)[nH]c2=O)O1)Oc1ccc(Br)cc1. The first kappa shape index (κ1) is 28.3. The smallest absolute Gasteiger partial charge is 0.459 e. The van der Waals surface area contributed by atoms with Gasteiger partial charge in [0.2, 0.25) is 0 Å². The van der Waals surface area contributed by atoms with Crippen LogP contribution in [0.1, 0.15) is 18.7 Å². The fourth-order valence-corrected chi connectivity index (χ4v) is 4.65. The van der Waals surface area contributed by atoms with Gasteiger partial charge in [0.05, 0.1) is 13.7 Å². The van der Waals surface area contributed by atoms with Gasteiger partial charge in [-0.05, 0) is 44.2 Å². The van der Waals surface area contributed by atoms with Crippen LogP contribution in [0.4, 0.5) is 0 Å². The van der Waals surface area contributed by atoms with Crippen molar-refractivity contribution in [1.82, 2.24) is 14.6 Å². The standard InChI is InChI=1S/C20H23BrN3O8P.C2H2/c1-12-10-24(20(27)22-18(12)25)17-9-8-16(31-17)11-30-33(28,23-13(2)19(26)29-3)32-15-6-4-14(21)5-7-15;1-2/h4-10,13,16-17H,11H2,1-3H3,(H,23,28)(H,22,25,27);1-2H. The summed E-state index contributed by atoms with van der Waals surface area (Å²) in [6.45, 7) is 2.82. The van der Waals surface area contributed by atoms with Gasteiger partial charge in [-0.2, -0.15) is 5.09 Å². The predicted octanol–water partition coefficient (Wildman–Crippen LogP) is 2.67. The van der Waals surface area contributed by atoms with Gasteiger partial charge in [-0.1, -0.05) is 22.0 Å². The van der Waals surface area contributed by atoms with E-state index in [1.165, 1.54) is 24.8 Å². The summed E-state index contributed by atoms with van der Waals surface area (Å²) in [6, 6.07) is 5.57. The van der Waals surface area contributed by atoms with Crippen LogP contribution < -0.4 is 20.9 Å². The molecule has 0 saturated carbocycles. The molecule has 0 spiro atoms. The van der Waals surface area contributed by atoms with Gasteiger partial charge in [-0.3, -0.25) is 23.7 Å². The van der Waals surface area contributed by atoms with Crippen molar-refractivity contribution in [3.8, 4) is 18.6 Å². The van der Waals surface area contributed by atoms with Crippen LogP contribution in [0.5, 0.6) is 5.75 Å². The molecular formula is C22H25BrN3O8P. The van der Waals surface area contributed by atoms with Gasteiger partial charge in [-0.25, -0.2) is 9.36 Å². The summed E-state index contributed by atoms with van der Waals surface area (Å²) in [5.41, 5.74) is -0.755. The molecule has 1 aromatic heterocycles. The van der Waals surface area contributed by atoms with Gasteiger partial charge < -0.3 is 14.0 Å². The Bertz CT molecular complexity index is 1240. The Morgan fingerprint density at radius 2 is 1.94 bits per heavy atom. The molecule has 1 aliphatic heterocycles. The molecule has 13 heteroatoms. The van der Waals surface area contributed by atoms with E-state index in [2.05, 4.69) is 43.6 Å². The summed E-state index contributed by atoms with van der Waals surface area (Å²) in [5, 5.41) is 2.55. The molecule has 0 saturated heterocycles. The van der Waals surface area contributed by atoms with Crippen LogP contribution in [0.25, 0.3) is 0 Å². The Morgan fingerprint density at radius 1 is 1.29 bits per heavy atom. The quantitative estimate of drug-likeness (QED) is 0.202. The number of aromatic amines is 1. The molecule has 11 nitrogen and oxygen atoms in total. The number of esters is 1. The van der Waals surface area contributed by atoms with Gasteiger partial charge >= 0.3 is 19.4 Å². The number of ether oxygens (including phenoxy) is 2. The molecule has 2 heterocycles. The monoisotopic (exact) mass is 569 g/mol. The summed E-state index contributed by atoms with van der Waals surface area (Å²) in [6.07, 6.45) is 11.2. The third-order valence-electron chi connectivity index (χ3n) is 4.58. The number of nitrogens with zero attached hydrogens (tertiary/aromatic N) is 1. The molecular weight excluding hydrogens is 545 g/mol. The average Bonchev–Trinajstić information content (AvgIpc) is 3.31. The minimum absolute atomic E-state index is 0.210. The number of H-pyrrole nitrogens is 1. The third kappa shape index (κ3) is 7.78. The number of methoxy groups -OCH3 is 1. The van der Waals surface area contributed by atoms with Crippen LogP contribution in [-0.2, 0) is 23.4 Å². The number of hydrogen-bond donors (Lipinski definition) is 2. The second-order valence-electron chi connectivity index (χ2n) is 7.14. The molecule has 35 heavy (non-hydrogen) atoms. The second kappa shape index (κ2) is 12.7. The van der Waals surface area contributed by atoms with Crippen molar-refractivity contribution in [2.75, 3.05) is 13.7 Å². The fraction of sp³-hybridized carbons (Fsp3) is 0.318. The van der Waals surface area contributed by atoms with Crippen LogP contribution >= 0.6 is 23.7 Å². The number of rotatable bonds is 9. The van der Waals surface area contributed by atoms with E-state index in [1.807, 2.05) is 0 Å². The van der Waals surface area contributed by atoms with Gasteiger partial charge in [-0.15, -0.1) is 12.8 Å². The number of aryl methyl sites for hydroxylation is 1. The first-order chi connectivity index (χ1) is 16.6. The second-order valence-corrected chi connectivity index (χ2v) is 9.75. The third-order valence-corrected chi connectivity index (χ3v) is 6.75. The van der Waals surface area contributed by atoms with E-state index < -0.39 is 43.3 Å². The summed E-state index contributed by atoms with van der Waals surface area (Å²) < 4.78 is 36.9. The van der Waals surface area contributed by atoms with E-state index >= 15 is 0 Å². The number of carbonyl (C=O) groups is 1. The van der Waals surface area contributed by atoms with Crippen LogP contribution in [0.3, 0.4) is 0 Å². The normalized spacial score (nSPS) is 19.1. The predicted molar refractivity (Wildman–Crippen MR) is 132 cm³/mol. The lowest BCUT2D eigenvalue weighted by Crippen LogP contribution is -2.35. The maximum Gasteiger partial charge on any atom is 0.459 e. The molecule has 4 atom stereocenters. The molecule has 2 N–H and O–H groups in total. The van der Waals surface area contributed by atoms with E-state index in [4.69, 9.17) is 13.8 Å². The van der Waals surface area contributed by atoms with Crippen molar-refractivity contribution in [1.29, 1.82) is 0 Å². The topological polar surface area (TPSA) is 138 Å². The van der Waals surface area contributed by atoms with Crippen molar-refractivity contribution >= 4 is 29.6 Å². The molecule has 0 radical (unpaired) electrons.